The number of nitrogens with two attached hydrogens (primary N) is 1. The number of hydrogen-bond donors (Lipinski definition) is 2. The van der Waals surface area contributed by atoms with E-state index in [1.54, 1.807) is 12.1 Å². The molecule has 4 nitrogen and oxygen atoms in total. The highest BCUT2D eigenvalue weighted by Gasteiger charge is 2.12. The first kappa shape index (κ1) is 14.9. The van der Waals surface area contributed by atoms with Crippen molar-refractivity contribution in [3.05, 3.63) is 29.6 Å². The molecule has 1 heterocycles. The topological polar surface area (TPSA) is 62.4 Å². The summed E-state index contributed by atoms with van der Waals surface area (Å²) in [5.41, 5.74) is 6.69. The van der Waals surface area contributed by atoms with Crippen molar-refractivity contribution < 1.29 is 13.9 Å². The molecule has 18 heavy (non-hydrogen) atoms. The standard InChI is InChI=1S/C11H15F2N3OS/c12-10(13)7-16(3-4-17)6-8-1-2-15-9(5-8)11(14)18/h1-2,5,10,17H,3-4,6-7H2,(H2,14,18). The number of aromatic nitrogens is 1. The van der Waals surface area contributed by atoms with Crippen molar-refractivity contribution in [2.75, 3.05) is 19.7 Å². The van der Waals surface area contributed by atoms with Gasteiger partial charge < -0.3 is 10.8 Å². The summed E-state index contributed by atoms with van der Waals surface area (Å²) >= 11 is 4.80. The number of rotatable bonds is 7. The van der Waals surface area contributed by atoms with Crippen molar-refractivity contribution in [1.82, 2.24) is 9.88 Å². The molecule has 0 unspecified atom stereocenters. The first-order valence-electron chi connectivity index (χ1n) is 5.39. The van der Waals surface area contributed by atoms with Crippen LogP contribution in [-0.2, 0) is 6.54 Å². The Morgan fingerprint density at radius 1 is 1.56 bits per heavy atom. The van der Waals surface area contributed by atoms with Crippen LogP contribution in [0.4, 0.5) is 8.78 Å². The number of alkyl halides is 2. The first-order valence-corrected chi connectivity index (χ1v) is 5.80. The summed E-state index contributed by atoms with van der Waals surface area (Å²) in [4.78, 5) is 5.60. The van der Waals surface area contributed by atoms with E-state index in [0.717, 1.165) is 5.56 Å². The van der Waals surface area contributed by atoms with Crippen LogP contribution in [0.1, 0.15) is 11.3 Å². The van der Waals surface area contributed by atoms with Crippen LogP contribution in [0, 0.1) is 0 Å². The SMILES string of the molecule is NC(=S)c1cc(CN(CCO)CC(F)F)ccn1. The van der Waals surface area contributed by atoms with Gasteiger partial charge in [0.1, 0.15) is 4.99 Å². The Labute approximate surface area is 109 Å². The maximum atomic E-state index is 12.3. The van der Waals surface area contributed by atoms with Crippen LogP contribution in [0.3, 0.4) is 0 Å². The number of pyridine rings is 1. The van der Waals surface area contributed by atoms with Crippen LogP contribution in [0.15, 0.2) is 18.3 Å². The quantitative estimate of drug-likeness (QED) is 0.720. The minimum absolute atomic E-state index is 0.166. The smallest absolute Gasteiger partial charge is 0.251 e. The molecular formula is C11H15F2N3OS. The van der Waals surface area contributed by atoms with E-state index in [4.69, 9.17) is 23.1 Å². The Morgan fingerprint density at radius 3 is 2.83 bits per heavy atom. The fourth-order valence-corrected chi connectivity index (χ4v) is 1.65. The molecule has 1 rings (SSSR count). The van der Waals surface area contributed by atoms with Crippen LogP contribution in [0.25, 0.3) is 0 Å². The highest BCUT2D eigenvalue weighted by molar-refractivity contribution is 7.80. The van der Waals surface area contributed by atoms with E-state index in [-0.39, 0.29) is 24.7 Å². The molecule has 0 saturated heterocycles. The predicted octanol–water partition coefficient (Wildman–Crippen LogP) is 0.775. The summed E-state index contributed by atoms with van der Waals surface area (Å²) in [5.74, 6) is 0. The van der Waals surface area contributed by atoms with Gasteiger partial charge in [0.2, 0.25) is 0 Å². The van der Waals surface area contributed by atoms with Crippen LogP contribution in [0.2, 0.25) is 0 Å². The Bertz CT molecular complexity index is 404. The summed E-state index contributed by atoms with van der Waals surface area (Å²) in [5, 5.41) is 8.83. The number of hydrogen-bond acceptors (Lipinski definition) is 4. The monoisotopic (exact) mass is 275 g/mol. The van der Waals surface area contributed by atoms with Gasteiger partial charge in [-0.1, -0.05) is 12.2 Å². The fourth-order valence-electron chi connectivity index (χ4n) is 1.54. The third kappa shape index (κ3) is 4.99. The number of nitrogens with zero attached hydrogens (tertiary/aromatic N) is 2. The zero-order valence-corrected chi connectivity index (χ0v) is 10.5. The van der Waals surface area contributed by atoms with E-state index in [2.05, 4.69) is 4.98 Å². The average Bonchev–Trinajstić information content (AvgIpc) is 2.28. The molecule has 0 atom stereocenters. The van der Waals surface area contributed by atoms with Crippen molar-refractivity contribution in [3.8, 4) is 0 Å². The molecule has 7 heteroatoms. The molecule has 3 N–H and O–H groups in total. The Morgan fingerprint density at radius 2 is 2.28 bits per heavy atom. The summed E-state index contributed by atoms with van der Waals surface area (Å²) in [6.07, 6.45) is -0.906. The van der Waals surface area contributed by atoms with Crippen molar-refractivity contribution in [2.45, 2.75) is 13.0 Å². The molecule has 0 amide bonds. The molecule has 0 radical (unpaired) electrons. The van der Waals surface area contributed by atoms with Gasteiger partial charge in [0.15, 0.2) is 0 Å². The van der Waals surface area contributed by atoms with Crippen LogP contribution in [0.5, 0.6) is 0 Å². The lowest BCUT2D eigenvalue weighted by Gasteiger charge is -2.20. The van der Waals surface area contributed by atoms with Gasteiger partial charge in [-0.25, -0.2) is 8.78 Å². The molecular weight excluding hydrogens is 260 g/mol. The number of aliphatic hydroxyl groups is 1. The fraction of sp³-hybridized carbons (Fsp3) is 0.455. The molecule has 0 spiro atoms. The van der Waals surface area contributed by atoms with Crippen molar-refractivity contribution in [3.63, 3.8) is 0 Å². The highest BCUT2D eigenvalue weighted by atomic mass is 32.1. The molecule has 0 fully saturated rings. The molecule has 0 saturated carbocycles. The Kier molecular flexibility index (Phi) is 6.03. The predicted molar refractivity (Wildman–Crippen MR) is 68.5 cm³/mol. The molecule has 0 aliphatic heterocycles. The van der Waals surface area contributed by atoms with Gasteiger partial charge in [-0.2, -0.15) is 0 Å². The zero-order valence-electron chi connectivity index (χ0n) is 9.72. The van der Waals surface area contributed by atoms with E-state index >= 15 is 0 Å². The molecule has 1 aromatic rings. The number of thiocarbonyl (C=S) groups is 1. The minimum atomic E-state index is -2.44. The largest absolute Gasteiger partial charge is 0.395 e. The molecule has 1 aromatic heterocycles. The van der Waals surface area contributed by atoms with Gasteiger partial charge in [-0.05, 0) is 17.7 Å². The van der Waals surface area contributed by atoms with E-state index < -0.39 is 6.43 Å². The van der Waals surface area contributed by atoms with Crippen LogP contribution < -0.4 is 5.73 Å². The highest BCUT2D eigenvalue weighted by Crippen LogP contribution is 2.08. The number of halogens is 2. The molecule has 0 aliphatic rings. The summed E-state index contributed by atoms with van der Waals surface area (Å²) in [6, 6.07) is 3.37. The second-order valence-electron chi connectivity index (χ2n) is 3.76. The van der Waals surface area contributed by atoms with Gasteiger partial charge in [0, 0.05) is 19.3 Å². The summed E-state index contributed by atoms with van der Waals surface area (Å²) in [6.45, 7) is -0.0661. The Balaban J connectivity index is 2.73. The maximum absolute atomic E-state index is 12.3. The van der Waals surface area contributed by atoms with Gasteiger partial charge >= 0.3 is 0 Å². The van der Waals surface area contributed by atoms with E-state index in [1.165, 1.54) is 11.1 Å². The molecule has 0 aromatic carbocycles. The van der Waals surface area contributed by atoms with Gasteiger partial charge in [-0.3, -0.25) is 9.88 Å². The third-order valence-electron chi connectivity index (χ3n) is 2.30. The average molecular weight is 275 g/mol. The normalized spacial score (nSPS) is 11.2. The van der Waals surface area contributed by atoms with Crippen molar-refractivity contribution in [2.24, 2.45) is 5.73 Å². The lowest BCUT2D eigenvalue weighted by atomic mass is 10.2. The van der Waals surface area contributed by atoms with E-state index in [0.29, 0.717) is 12.2 Å². The van der Waals surface area contributed by atoms with E-state index in [1.807, 2.05) is 0 Å². The number of aliphatic hydroxyl groups excluding tert-OH is 1. The van der Waals surface area contributed by atoms with Gasteiger partial charge in [-0.15, -0.1) is 0 Å². The molecule has 100 valence electrons. The summed E-state index contributed by atoms with van der Waals surface area (Å²) < 4.78 is 24.7. The second kappa shape index (κ2) is 7.30. The first-order chi connectivity index (χ1) is 8.52. The van der Waals surface area contributed by atoms with Gasteiger partial charge in [0.05, 0.1) is 18.8 Å². The summed E-state index contributed by atoms with van der Waals surface area (Å²) in [7, 11) is 0. The van der Waals surface area contributed by atoms with E-state index in [9.17, 15) is 8.78 Å². The minimum Gasteiger partial charge on any atom is -0.395 e. The van der Waals surface area contributed by atoms with Crippen molar-refractivity contribution in [1.29, 1.82) is 0 Å². The third-order valence-corrected chi connectivity index (χ3v) is 2.50. The molecule has 0 bridgehead atoms. The lowest BCUT2D eigenvalue weighted by molar-refractivity contribution is 0.0746. The molecule has 0 aliphatic carbocycles. The Hall–Kier alpha value is -1.18. The van der Waals surface area contributed by atoms with Crippen molar-refractivity contribution >= 4 is 17.2 Å². The lowest BCUT2D eigenvalue weighted by Crippen LogP contribution is -2.31. The maximum Gasteiger partial charge on any atom is 0.251 e. The van der Waals surface area contributed by atoms with Crippen LogP contribution in [-0.4, -0.2) is 46.1 Å². The zero-order chi connectivity index (χ0) is 13.5. The second-order valence-corrected chi connectivity index (χ2v) is 4.20. The van der Waals surface area contributed by atoms with Gasteiger partial charge in [0.25, 0.3) is 6.43 Å². The van der Waals surface area contributed by atoms with Crippen LogP contribution >= 0.6 is 12.2 Å².